The van der Waals surface area contributed by atoms with Crippen molar-refractivity contribution in [1.82, 2.24) is 4.90 Å². The maximum atomic E-state index is 12.2. The quantitative estimate of drug-likeness (QED) is 0.852. The minimum absolute atomic E-state index is 0.146. The van der Waals surface area contributed by atoms with E-state index in [2.05, 4.69) is 6.07 Å². The van der Waals surface area contributed by atoms with Gasteiger partial charge in [-0.25, -0.2) is 4.79 Å². The molecule has 4 heteroatoms. The van der Waals surface area contributed by atoms with Gasteiger partial charge in [0.2, 0.25) is 0 Å². The predicted octanol–water partition coefficient (Wildman–Crippen LogP) is 3.41. The lowest BCUT2D eigenvalue weighted by molar-refractivity contribution is 0.109. The summed E-state index contributed by atoms with van der Waals surface area (Å²) in [4.78, 5) is 14.0. The first-order valence-corrected chi connectivity index (χ1v) is 7.31. The van der Waals surface area contributed by atoms with Crippen LogP contribution in [0.5, 0.6) is 5.75 Å². The third kappa shape index (κ3) is 2.52. The summed E-state index contributed by atoms with van der Waals surface area (Å²) in [5.41, 5.74) is 3.42. The Morgan fingerprint density at radius 1 is 1.14 bits per heavy atom. The topological polar surface area (TPSA) is 38.8 Å². The summed E-state index contributed by atoms with van der Waals surface area (Å²) in [5, 5.41) is 0. The average molecular weight is 297 g/mol. The fraction of sp³-hybridized carbons (Fsp3) is 0.278. The normalized spacial score (nSPS) is 16.8. The summed E-state index contributed by atoms with van der Waals surface area (Å²) in [6.45, 7) is 0.644. The lowest BCUT2D eigenvalue weighted by Crippen LogP contribution is -2.40. The van der Waals surface area contributed by atoms with Gasteiger partial charge in [-0.1, -0.05) is 36.4 Å². The van der Waals surface area contributed by atoms with Gasteiger partial charge in [-0.15, -0.1) is 0 Å². The molecule has 1 aliphatic rings. The van der Waals surface area contributed by atoms with E-state index in [0.29, 0.717) is 6.54 Å². The summed E-state index contributed by atoms with van der Waals surface area (Å²) >= 11 is 0. The number of hydrogen-bond acceptors (Lipinski definition) is 3. The van der Waals surface area contributed by atoms with Gasteiger partial charge >= 0.3 is 6.09 Å². The number of fused-ring (bicyclic) bond motifs is 1. The van der Waals surface area contributed by atoms with Gasteiger partial charge in [0.15, 0.2) is 0 Å². The monoisotopic (exact) mass is 297 g/mol. The van der Waals surface area contributed by atoms with Crippen molar-refractivity contribution in [3.8, 4) is 5.75 Å². The van der Waals surface area contributed by atoms with Crippen LogP contribution in [-0.4, -0.2) is 31.8 Å². The average Bonchev–Trinajstić information content (AvgIpc) is 2.60. The first-order chi connectivity index (χ1) is 10.7. The smallest absolute Gasteiger partial charge is 0.410 e. The molecule has 3 rings (SSSR count). The molecule has 2 aromatic rings. The maximum Gasteiger partial charge on any atom is 0.410 e. The summed E-state index contributed by atoms with van der Waals surface area (Å²) in [6.07, 6.45) is 0.514. The second-order valence-corrected chi connectivity index (χ2v) is 5.29. The molecule has 1 heterocycles. The highest BCUT2D eigenvalue weighted by Gasteiger charge is 2.32. The molecule has 0 radical (unpaired) electrons. The van der Waals surface area contributed by atoms with Crippen LogP contribution >= 0.6 is 0 Å². The molecule has 0 N–H and O–H groups in total. The lowest BCUT2D eigenvalue weighted by Gasteiger charge is -2.36. The Morgan fingerprint density at radius 2 is 1.91 bits per heavy atom. The Hall–Kier alpha value is -2.49. The Bertz CT molecular complexity index is 669. The Kier molecular flexibility index (Phi) is 4.00. The molecule has 1 atom stereocenters. The summed E-state index contributed by atoms with van der Waals surface area (Å²) in [7, 11) is 3.08. The standard InChI is InChI=1S/C18H19NO3/c1-21-15-9-8-13-10-11-19(18(20)22-2)17(16(13)12-15)14-6-4-3-5-7-14/h3-9,12,17H,10-11H2,1-2H3. The van der Waals surface area contributed by atoms with Crippen molar-refractivity contribution < 1.29 is 14.3 Å². The van der Waals surface area contributed by atoms with Gasteiger partial charge in [-0.3, -0.25) is 4.90 Å². The second kappa shape index (κ2) is 6.10. The van der Waals surface area contributed by atoms with E-state index in [9.17, 15) is 4.79 Å². The van der Waals surface area contributed by atoms with Gasteiger partial charge < -0.3 is 9.47 Å². The van der Waals surface area contributed by atoms with E-state index < -0.39 is 0 Å². The van der Waals surface area contributed by atoms with Gasteiger partial charge in [-0.2, -0.15) is 0 Å². The molecule has 4 nitrogen and oxygen atoms in total. The molecule has 1 amide bonds. The van der Waals surface area contributed by atoms with Crippen LogP contribution in [0.25, 0.3) is 0 Å². The van der Waals surface area contributed by atoms with Gasteiger partial charge in [0, 0.05) is 6.54 Å². The van der Waals surface area contributed by atoms with Gasteiger partial charge in [-0.05, 0) is 35.2 Å². The lowest BCUT2D eigenvalue weighted by atomic mass is 9.88. The van der Waals surface area contributed by atoms with Crippen LogP contribution in [0.3, 0.4) is 0 Å². The molecule has 0 aromatic heterocycles. The number of rotatable bonds is 2. The minimum Gasteiger partial charge on any atom is -0.497 e. The van der Waals surface area contributed by atoms with Crippen LogP contribution in [0.15, 0.2) is 48.5 Å². The van der Waals surface area contributed by atoms with Crippen molar-refractivity contribution >= 4 is 6.09 Å². The first kappa shape index (κ1) is 14.4. The summed E-state index contributed by atoms with van der Waals surface area (Å²) in [5.74, 6) is 0.798. The first-order valence-electron chi connectivity index (χ1n) is 7.31. The maximum absolute atomic E-state index is 12.2. The zero-order valence-corrected chi connectivity index (χ0v) is 12.8. The fourth-order valence-electron chi connectivity index (χ4n) is 3.03. The third-order valence-electron chi connectivity index (χ3n) is 4.11. The number of ether oxygens (including phenoxy) is 2. The molecule has 0 aliphatic carbocycles. The number of carbonyl (C=O) groups is 1. The van der Waals surface area contributed by atoms with E-state index in [1.807, 2.05) is 42.5 Å². The van der Waals surface area contributed by atoms with Crippen LogP contribution in [0, 0.1) is 0 Å². The number of carbonyl (C=O) groups excluding carboxylic acids is 1. The third-order valence-corrected chi connectivity index (χ3v) is 4.11. The molecule has 1 aliphatic heterocycles. The highest BCUT2D eigenvalue weighted by molar-refractivity contribution is 5.70. The highest BCUT2D eigenvalue weighted by atomic mass is 16.5. The van der Waals surface area contributed by atoms with Crippen molar-refractivity contribution in [2.75, 3.05) is 20.8 Å². The molecule has 0 bridgehead atoms. The molecule has 1 unspecified atom stereocenters. The molecular formula is C18H19NO3. The van der Waals surface area contributed by atoms with E-state index in [1.54, 1.807) is 12.0 Å². The molecule has 0 saturated heterocycles. The summed E-state index contributed by atoms with van der Waals surface area (Å²) in [6, 6.07) is 15.9. The van der Waals surface area contributed by atoms with Gasteiger partial charge in [0.05, 0.1) is 20.3 Å². The van der Waals surface area contributed by atoms with E-state index in [-0.39, 0.29) is 12.1 Å². The zero-order chi connectivity index (χ0) is 15.5. The van der Waals surface area contributed by atoms with Crippen LogP contribution in [0.2, 0.25) is 0 Å². The summed E-state index contributed by atoms with van der Waals surface area (Å²) < 4.78 is 10.3. The number of benzene rings is 2. The number of methoxy groups -OCH3 is 2. The molecule has 2 aromatic carbocycles. The van der Waals surface area contributed by atoms with Crippen LogP contribution in [0.1, 0.15) is 22.7 Å². The Balaban J connectivity index is 2.12. The van der Waals surface area contributed by atoms with Crippen molar-refractivity contribution in [3.63, 3.8) is 0 Å². The largest absolute Gasteiger partial charge is 0.497 e. The fourth-order valence-corrected chi connectivity index (χ4v) is 3.03. The molecule has 114 valence electrons. The molecule has 0 saturated carbocycles. The molecule has 22 heavy (non-hydrogen) atoms. The highest BCUT2D eigenvalue weighted by Crippen LogP contribution is 2.37. The zero-order valence-electron chi connectivity index (χ0n) is 12.8. The van der Waals surface area contributed by atoms with E-state index in [1.165, 1.54) is 12.7 Å². The van der Waals surface area contributed by atoms with Gasteiger partial charge in [0.25, 0.3) is 0 Å². The molecule has 0 fully saturated rings. The van der Waals surface area contributed by atoms with E-state index in [0.717, 1.165) is 23.3 Å². The SMILES string of the molecule is COC(=O)N1CCc2ccc(OC)cc2C1c1ccccc1. The van der Waals surface area contributed by atoms with Crippen molar-refractivity contribution in [1.29, 1.82) is 0 Å². The Morgan fingerprint density at radius 3 is 2.59 bits per heavy atom. The number of nitrogens with zero attached hydrogens (tertiary/aromatic N) is 1. The van der Waals surface area contributed by atoms with Gasteiger partial charge in [0.1, 0.15) is 5.75 Å². The van der Waals surface area contributed by atoms with Crippen LogP contribution in [0.4, 0.5) is 4.79 Å². The van der Waals surface area contributed by atoms with E-state index in [4.69, 9.17) is 9.47 Å². The predicted molar refractivity (Wildman–Crippen MR) is 84.1 cm³/mol. The minimum atomic E-state index is -0.303. The number of amides is 1. The van der Waals surface area contributed by atoms with Crippen molar-refractivity contribution in [2.24, 2.45) is 0 Å². The van der Waals surface area contributed by atoms with Crippen LogP contribution in [-0.2, 0) is 11.2 Å². The second-order valence-electron chi connectivity index (χ2n) is 5.29. The molecule has 0 spiro atoms. The Labute approximate surface area is 130 Å². The van der Waals surface area contributed by atoms with Crippen molar-refractivity contribution in [2.45, 2.75) is 12.5 Å². The van der Waals surface area contributed by atoms with Crippen LogP contribution < -0.4 is 4.74 Å². The van der Waals surface area contributed by atoms with E-state index >= 15 is 0 Å². The molecular weight excluding hydrogens is 278 g/mol. The van der Waals surface area contributed by atoms with Crippen molar-refractivity contribution in [3.05, 3.63) is 65.2 Å². The number of hydrogen-bond donors (Lipinski definition) is 0.